The Hall–Kier alpha value is -3.85. The van der Waals surface area contributed by atoms with E-state index in [1.165, 1.54) is 23.9 Å². The van der Waals surface area contributed by atoms with Crippen molar-refractivity contribution in [2.45, 2.75) is 23.9 Å². The van der Waals surface area contributed by atoms with Gasteiger partial charge in [0, 0.05) is 23.6 Å². The van der Waals surface area contributed by atoms with Gasteiger partial charge in [-0.15, -0.1) is 10.2 Å². The summed E-state index contributed by atoms with van der Waals surface area (Å²) >= 11 is 1.50. The van der Waals surface area contributed by atoms with Crippen molar-refractivity contribution >= 4 is 17.4 Å². The van der Waals surface area contributed by atoms with Crippen molar-refractivity contribution in [1.82, 2.24) is 14.8 Å². The zero-order valence-corrected chi connectivity index (χ0v) is 18.9. The van der Waals surface area contributed by atoms with Crippen LogP contribution in [0.5, 0.6) is 11.5 Å². The highest BCUT2D eigenvalue weighted by Crippen LogP contribution is 2.33. The van der Waals surface area contributed by atoms with Crippen LogP contribution in [-0.2, 0) is 5.75 Å². The molecule has 1 heterocycles. The summed E-state index contributed by atoms with van der Waals surface area (Å²) in [5.41, 5.74) is 1.94. The average molecular weight is 463 g/mol. The van der Waals surface area contributed by atoms with Gasteiger partial charge in [-0.2, -0.15) is 0 Å². The number of benzene rings is 3. The van der Waals surface area contributed by atoms with Gasteiger partial charge in [-0.1, -0.05) is 54.2 Å². The van der Waals surface area contributed by atoms with E-state index in [-0.39, 0.29) is 5.69 Å². The summed E-state index contributed by atoms with van der Waals surface area (Å²) in [5, 5.41) is 20.4. The fraction of sp³-hybridized carbons (Fsp3) is 0.167. The first-order chi connectivity index (χ1) is 16.1. The average Bonchev–Trinajstić information content (AvgIpc) is 3.28. The van der Waals surface area contributed by atoms with Crippen molar-refractivity contribution in [1.29, 1.82) is 0 Å². The number of nitro benzene ring substituents is 1. The van der Waals surface area contributed by atoms with Crippen LogP contribution in [-0.4, -0.2) is 26.8 Å². The number of thioether (sulfide) groups is 1. The highest BCUT2D eigenvalue weighted by Gasteiger charge is 2.22. The number of nitrogens with zero attached hydrogens (tertiary/aromatic N) is 4. The third-order valence-electron chi connectivity index (χ3n) is 4.92. The maximum Gasteiger partial charge on any atom is 0.269 e. The van der Waals surface area contributed by atoms with Crippen LogP contribution in [0, 0.1) is 10.1 Å². The Labute approximate surface area is 195 Å². The fourth-order valence-corrected chi connectivity index (χ4v) is 4.19. The molecule has 9 heteroatoms. The predicted octanol–water partition coefficient (Wildman–Crippen LogP) is 5.62. The van der Waals surface area contributed by atoms with Gasteiger partial charge in [-0.3, -0.25) is 14.7 Å². The molecule has 168 valence electrons. The van der Waals surface area contributed by atoms with Crippen LogP contribution < -0.4 is 9.47 Å². The van der Waals surface area contributed by atoms with Crippen LogP contribution in [0.25, 0.3) is 5.69 Å². The fourth-order valence-electron chi connectivity index (χ4n) is 3.28. The van der Waals surface area contributed by atoms with Crippen molar-refractivity contribution in [3.05, 3.63) is 100 Å². The van der Waals surface area contributed by atoms with Gasteiger partial charge < -0.3 is 9.47 Å². The Balaban J connectivity index is 1.61. The molecular formula is C24H22N4O4S. The second kappa shape index (κ2) is 10.2. The van der Waals surface area contributed by atoms with E-state index in [2.05, 4.69) is 10.2 Å². The van der Waals surface area contributed by atoms with Crippen LogP contribution in [0.3, 0.4) is 0 Å². The smallest absolute Gasteiger partial charge is 0.269 e. The minimum absolute atomic E-state index is 0.0702. The van der Waals surface area contributed by atoms with Crippen LogP contribution >= 0.6 is 11.8 Å². The van der Waals surface area contributed by atoms with Gasteiger partial charge >= 0.3 is 0 Å². The van der Waals surface area contributed by atoms with Crippen molar-refractivity contribution in [2.24, 2.45) is 0 Å². The summed E-state index contributed by atoms with van der Waals surface area (Å²) < 4.78 is 13.5. The monoisotopic (exact) mass is 462 g/mol. The molecule has 0 radical (unpaired) electrons. The lowest BCUT2D eigenvalue weighted by Crippen LogP contribution is -2.12. The molecule has 0 aliphatic rings. The number of nitro groups is 1. The Morgan fingerprint density at radius 1 is 0.970 bits per heavy atom. The predicted molar refractivity (Wildman–Crippen MR) is 126 cm³/mol. The van der Waals surface area contributed by atoms with Crippen LogP contribution in [0.2, 0.25) is 0 Å². The number of aromatic nitrogens is 3. The molecule has 0 amide bonds. The normalized spacial score (nSPS) is 11.7. The lowest BCUT2D eigenvalue weighted by molar-refractivity contribution is -0.384. The highest BCUT2D eigenvalue weighted by atomic mass is 32.2. The lowest BCUT2D eigenvalue weighted by Gasteiger charge is -2.18. The quantitative estimate of drug-likeness (QED) is 0.181. The van der Waals surface area contributed by atoms with E-state index in [1.54, 1.807) is 19.2 Å². The Morgan fingerprint density at radius 2 is 1.64 bits per heavy atom. The van der Waals surface area contributed by atoms with E-state index >= 15 is 0 Å². The van der Waals surface area contributed by atoms with E-state index in [4.69, 9.17) is 9.47 Å². The molecule has 0 saturated carbocycles. The minimum Gasteiger partial charge on any atom is -0.493 e. The number of rotatable bonds is 9. The molecule has 0 bridgehead atoms. The molecule has 4 aromatic rings. The number of para-hydroxylation sites is 3. The van der Waals surface area contributed by atoms with Crippen molar-refractivity contribution in [3.63, 3.8) is 0 Å². The maximum atomic E-state index is 10.9. The number of hydrogen-bond acceptors (Lipinski definition) is 7. The van der Waals surface area contributed by atoms with E-state index in [0.717, 1.165) is 11.3 Å². The van der Waals surface area contributed by atoms with E-state index < -0.39 is 11.0 Å². The summed E-state index contributed by atoms with van der Waals surface area (Å²) in [7, 11) is 1.60. The summed E-state index contributed by atoms with van der Waals surface area (Å²) in [6.07, 6.45) is -0.400. The first kappa shape index (κ1) is 22.3. The summed E-state index contributed by atoms with van der Waals surface area (Å²) in [4.78, 5) is 10.5. The lowest BCUT2D eigenvalue weighted by atomic mass is 10.2. The molecule has 1 unspecified atom stereocenters. The molecule has 3 aromatic carbocycles. The standard InChI is InChI=1S/C24H22N4O4S/c1-17(32-22-11-7-6-10-21(22)31-2)23-25-26-24(27(23)19-8-4-3-5-9-19)33-16-18-12-14-20(15-13-18)28(29)30/h3-15,17H,16H2,1-2H3. The maximum absolute atomic E-state index is 10.9. The first-order valence-corrected chi connectivity index (χ1v) is 11.2. The summed E-state index contributed by atoms with van der Waals surface area (Å²) in [5.74, 6) is 2.50. The molecule has 0 fully saturated rings. The molecular weight excluding hydrogens is 440 g/mol. The molecule has 0 spiro atoms. The molecule has 1 atom stereocenters. The Bertz CT molecular complexity index is 1230. The van der Waals surface area contributed by atoms with Gasteiger partial charge in [0.2, 0.25) is 0 Å². The number of non-ortho nitro benzene ring substituents is 1. The second-order valence-electron chi connectivity index (χ2n) is 7.13. The molecule has 1 aromatic heterocycles. The van der Waals surface area contributed by atoms with Gasteiger partial charge in [0.05, 0.1) is 12.0 Å². The SMILES string of the molecule is COc1ccccc1OC(C)c1nnc(SCc2ccc([N+](=O)[O-])cc2)n1-c1ccccc1. The Morgan fingerprint density at radius 3 is 2.30 bits per heavy atom. The first-order valence-electron chi connectivity index (χ1n) is 10.2. The van der Waals surface area contributed by atoms with Gasteiger partial charge in [0.1, 0.15) is 0 Å². The van der Waals surface area contributed by atoms with Gasteiger partial charge in [-0.05, 0) is 36.8 Å². The summed E-state index contributed by atoms with van der Waals surface area (Å²) in [6, 6.07) is 23.8. The Kier molecular flexibility index (Phi) is 6.89. The van der Waals surface area contributed by atoms with Crippen LogP contribution in [0.15, 0.2) is 84.0 Å². The molecule has 33 heavy (non-hydrogen) atoms. The molecule has 0 aliphatic heterocycles. The minimum atomic E-state index is -0.404. The number of hydrogen-bond donors (Lipinski definition) is 0. The topological polar surface area (TPSA) is 92.3 Å². The number of ether oxygens (including phenoxy) is 2. The van der Waals surface area contributed by atoms with Crippen molar-refractivity contribution < 1.29 is 14.4 Å². The van der Waals surface area contributed by atoms with Crippen LogP contribution in [0.4, 0.5) is 5.69 Å². The molecule has 0 aliphatic carbocycles. The third kappa shape index (κ3) is 5.15. The molecule has 4 rings (SSSR count). The number of methoxy groups -OCH3 is 1. The van der Waals surface area contributed by atoms with Gasteiger partial charge in [0.25, 0.3) is 5.69 Å². The van der Waals surface area contributed by atoms with E-state index in [9.17, 15) is 10.1 Å². The largest absolute Gasteiger partial charge is 0.493 e. The molecule has 0 N–H and O–H groups in total. The van der Waals surface area contributed by atoms with Crippen molar-refractivity contribution in [2.75, 3.05) is 7.11 Å². The third-order valence-corrected chi connectivity index (χ3v) is 5.92. The zero-order valence-electron chi connectivity index (χ0n) is 18.1. The highest BCUT2D eigenvalue weighted by molar-refractivity contribution is 7.98. The molecule has 8 nitrogen and oxygen atoms in total. The van der Waals surface area contributed by atoms with Gasteiger partial charge in [-0.25, -0.2) is 0 Å². The van der Waals surface area contributed by atoms with Gasteiger partial charge in [0.15, 0.2) is 28.6 Å². The van der Waals surface area contributed by atoms with E-state index in [1.807, 2.05) is 66.1 Å². The molecule has 0 saturated heterocycles. The zero-order chi connectivity index (χ0) is 23.2. The second-order valence-corrected chi connectivity index (χ2v) is 8.08. The summed E-state index contributed by atoms with van der Waals surface area (Å²) in [6.45, 7) is 1.92. The van der Waals surface area contributed by atoms with Crippen molar-refractivity contribution in [3.8, 4) is 17.2 Å². The van der Waals surface area contributed by atoms with E-state index in [0.29, 0.717) is 28.2 Å². The van der Waals surface area contributed by atoms with Crippen LogP contribution in [0.1, 0.15) is 24.4 Å².